The van der Waals surface area contributed by atoms with Crippen LogP contribution in [-0.2, 0) is 23.2 Å². The van der Waals surface area contributed by atoms with Gasteiger partial charge in [0.25, 0.3) is 0 Å². The SMILES string of the molecule is O=C1C=C2CCc3ccc(cc3)CCC1=CC2(O)c1ccccc1C(=O)O. The minimum absolute atomic E-state index is 0.0475. The minimum atomic E-state index is -1.59. The molecule has 0 saturated heterocycles. The van der Waals surface area contributed by atoms with Crippen LogP contribution in [0.15, 0.2) is 71.8 Å². The van der Waals surface area contributed by atoms with E-state index >= 15 is 0 Å². The number of rotatable bonds is 2. The van der Waals surface area contributed by atoms with Gasteiger partial charge in [-0.15, -0.1) is 0 Å². The zero-order valence-corrected chi connectivity index (χ0v) is 14.8. The van der Waals surface area contributed by atoms with Gasteiger partial charge in [-0.2, -0.15) is 0 Å². The predicted molar refractivity (Wildman–Crippen MR) is 102 cm³/mol. The van der Waals surface area contributed by atoms with E-state index in [4.69, 9.17) is 0 Å². The molecule has 4 bridgehead atoms. The Kier molecular flexibility index (Phi) is 4.28. The van der Waals surface area contributed by atoms with Gasteiger partial charge in [-0.1, -0.05) is 42.5 Å². The third-order valence-electron chi connectivity index (χ3n) is 5.45. The second-order valence-corrected chi connectivity index (χ2v) is 7.14. The molecule has 2 N–H and O–H groups in total. The lowest BCUT2D eigenvalue weighted by Gasteiger charge is -2.33. The third kappa shape index (κ3) is 3.13. The van der Waals surface area contributed by atoms with Gasteiger partial charge in [0, 0.05) is 5.56 Å². The van der Waals surface area contributed by atoms with Crippen molar-refractivity contribution in [3.8, 4) is 0 Å². The number of hydrogen-bond donors (Lipinski definition) is 2. The van der Waals surface area contributed by atoms with Crippen LogP contribution in [0, 0.1) is 0 Å². The van der Waals surface area contributed by atoms with E-state index in [2.05, 4.69) is 24.3 Å². The van der Waals surface area contributed by atoms with Crippen LogP contribution in [0.4, 0.5) is 0 Å². The van der Waals surface area contributed by atoms with Gasteiger partial charge in [-0.25, -0.2) is 4.79 Å². The lowest BCUT2D eigenvalue weighted by atomic mass is 9.75. The van der Waals surface area contributed by atoms with Crippen LogP contribution in [0.3, 0.4) is 0 Å². The van der Waals surface area contributed by atoms with E-state index in [0.29, 0.717) is 42.4 Å². The highest BCUT2D eigenvalue weighted by molar-refractivity contribution is 6.06. The Morgan fingerprint density at radius 3 is 2.19 bits per heavy atom. The smallest absolute Gasteiger partial charge is 0.336 e. The van der Waals surface area contributed by atoms with Crippen LogP contribution in [0.2, 0.25) is 0 Å². The standard InChI is InChI=1S/C23H20O4/c24-21-13-18-12-10-16-7-5-15(6-8-16)9-11-17(21)14-23(18,27)20-4-2-1-3-19(20)22(25)26/h1-8,13-14,27H,9-12H2,(H,25,26). The molecule has 2 aromatic rings. The Bertz CT molecular complexity index is 982. The van der Waals surface area contributed by atoms with Gasteiger partial charge >= 0.3 is 5.97 Å². The van der Waals surface area contributed by atoms with E-state index in [1.54, 1.807) is 24.3 Å². The zero-order valence-electron chi connectivity index (χ0n) is 14.8. The molecular formula is C23H20O4. The van der Waals surface area contributed by atoms with Gasteiger partial charge in [0.1, 0.15) is 5.60 Å². The van der Waals surface area contributed by atoms with Crippen molar-refractivity contribution in [2.75, 3.05) is 0 Å². The third-order valence-corrected chi connectivity index (χ3v) is 5.45. The monoisotopic (exact) mass is 360 g/mol. The normalized spacial score (nSPS) is 21.9. The Morgan fingerprint density at radius 1 is 0.889 bits per heavy atom. The Hall–Kier alpha value is -2.98. The number of carbonyl (C=O) groups is 2. The molecule has 0 radical (unpaired) electrons. The number of hydrogen-bond acceptors (Lipinski definition) is 3. The number of carboxylic acids is 1. The molecule has 27 heavy (non-hydrogen) atoms. The molecule has 1 atom stereocenters. The molecule has 0 heterocycles. The zero-order chi connectivity index (χ0) is 19.0. The van der Waals surface area contributed by atoms with Crippen LogP contribution < -0.4 is 0 Å². The fourth-order valence-corrected chi connectivity index (χ4v) is 3.92. The molecule has 0 spiro atoms. The molecule has 0 aromatic heterocycles. The van der Waals surface area contributed by atoms with Crippen LogP contribution in [-0.4, -0.2) is 22.0 Å². The summed E-state index contributed by atoms with van der Waals surface area (Å²) in [5, 5.41) is 21.2. The second-order valence-electron chi connectivity index (χ2n) is 7.14. The van der Waals surface area contributed by atoms with Crippen LogP contribution in [0.1, 0.15) is 39.9 Å². The number of aryl methyl sites for hydroxylation is 2. The van der Waals surface area contributed by atoms with Gasteiger partial charge in [0.2, 0.25) is 0 Å². The molecule has 5 aliphatic carbocycles. The van der Waals surface area contributed by atoms with Gasteiger partial charge in [0.15, 0.2) is 5.78 Å². The molecule has 7 rings (SSSR count). The maximum atomic E-state index is 12.6. The molecule has 4 nitrogen and oxygen atoms in total. The summed E-state index contributed by atoms with van der Waals surface area (Å²) < 4.78 is 0. The van der Waals surface area contributed by atoms with Crippen LogP contribution in [0.25, 0.3) is 0 Å². The molecule has 0 fully saturated rings. The van der Waals surface area contributed by atoms with Gasteiger partial charge in [-0.3, -0.25) is 4.79 Å². The molecule has 136 valence electrons. The first-order valence-electron chi connectivity index (χ1n) is 9.07. The van der Waals surface area contributed by atoms with Gasteiger partial charge in [0.05, 0.1) is 5.56 Å². The Morgan fingerprint density at radius 2 is 1.52 bits per heavy atom. The predicted octanol–water partition coefficient (Wildman–Crippen LogP) is 3.59. The quantitative estimate of drug-likeness (QED) is 0.858. The van der Waals surface area contributed by atoms with Crippen molar-refractivity contribution in [1.29, 1.82) is 0 Å². The molecule has 0 aliphatic heterocycles. The molecule has 4 heteroatoms. The van der Waals surface area contributed by atoms with Crippen molar-refractivity contribution < 1.29 is 19.8 Å². The summed E-state index contributed by atoms with van der Waals surface area (Å²) in [6.45, 7) is 0. The number of carbonyl (C=O) groups excluding carboxylic acids is 1. The molecule has 1 unspecified atom stereocenters. The summed E-state index contributed by atoms with van der Waals surface area (Å²) in [4.78, 5) is 24.3. The fraction of sp³-hybridized carbons (Fsp3) is 0.217. The van der Waals surface area contributed by atoms with Crippen molar-refractivity contribution in [3.05, 3.63) is 94.1 Å². The number of carboxylic acid groups (broad SMARTS) is 1. The summed E-state index contributed by atoms with van der Waals surface area (Å²) in [6.07, 6.45) is 5.40. The van der Waals surface area contributed by atoms with Crippen LogP contribution >= 0.6 is 0 Å². The number of aliphatic hydroxyl groups is 1. The highest BCUT2D eigenvalue weighted by atomic mass is 16.4. The summed E-state index contributed by atoms with van der Waals surface area (Å²) in [5.41, 5.74) is 2.08. The number of aromatic carboxylic acids is 1. The topological polar surface area (TPSA) is 74.6 Å². The first-order valence-corrected chi connectivity index (χ1v) is 9.07. The van der Waals surface area contributed by atoms with E-state index in [0.717, 1.165) is 11.1 Å². The van der Waals surface area contributed by atoms with E-state index in [1.165, 1.54) is 12.1 Å². The summed E-state index contributed by atoms with van der Waals surface area (Å²) in [5.74, 6) is -1.20. The lowest BCUT2D eigenvalue weighted by molar-refractivity contribution is -0.112. The first-order chi connectivity index (χ1) is 13.0. The average molecular weight is 360 g/mol. The molecule has 0 saturated carbocycles. The summed E-state index contributed by atoms with van der Waals surface area (Å²) in [7, 11) is 0. The van der Waals surface area contributed by atoms with Crippen molar-refractivity contribution in [2.24, 2.45) is 0 Å². The van der Waals surface area contributed by atoms with Gasteiger partial charge in [-0.05, 0) is 66.2 Å². The van der Waals surface area contributed by atoms with Crippen molar-refractivity contribution >= 4 is 11.8 Å². The minimum Gasteiger partial charge on any atom is -0.478 e. The highest BCUT2D eigenvalue weighted by Gasteiger charge is 2.38. The molecule has 5 aliphatic rings. The maximum absolute atomic E-state index is 12.6. The number of ketones is 1. The summed E-state index contributed by atoms with van der Waals surface area (Å²) >= 11 is 0. The van der Waals surface area contributed by atoms with Crippen molar-refractivity contribution in [3.63, 3.8) is 0 Å². The lowest BCUT2D eigenvalue weighted by Crippen LogP contribution is -2.33. The molecule has 2 aromatic carbocycles. The van der Waals surface area contributed by atoms with Crippen LogP contribution in [0.5, 0.6) is 0 Å². The van der Waals surface area contributed by atoms with E-state index in [-0.39, 0.29) is 11.3 Å². The first kappa shape index (κ1) is 17.4. The number of allylic oxidation sites excluding steroid dienone is 2. The second kappa shape index (κ2) is 6.63. The van der Waals surface area contributed by atoms with Crippen molar-refractivity contribution in [2.45, 2.75) is 31.3 Å². The highest BCUT2D eigenvalue weighted by Crippen LogP contribution is 2.40. The molecule has 0 amide bonds. The molecular weight excluding hydrogens is 340 g/mol. The van der Waals surface area contributed by atoms with Gasteiger partial charge < -0.3 is 10.2 Å². The average Bonchev–Trinajstić information content (AvgIpc) is 2.67. The van der Waals surface area contributed by atoms with E-state index < -0.39 is 11.6 Å². The number of benzene rings is 2. The van der Waals surface area contributed by atoms with Crippen molar-refractivity contribution in [1.82, 2.24) is 0 Å². The van der Waals surface area contributed by atoms with E-state index in [9.17, 15) is 19.8 Å². The van der Waals surface area contributed by atoms with E-state index in [1.807, 2.05) is 0 Å². The summed E-state index contributed by atoms with van der Waals surface area (Å²) in [6, 6.07) is 14.8. The Balaban J connectivity index is 1.87. The fourth-order valence-electron chi connectivity index (χ4n) is 3.92. The largest absolute Gasteiger partial charge is 0.478 e. The Labute approximate surface area is 157 Å². The maximum Gasteiger partial charge on any atom is 0.336 e.